The van der Waals surface area contributed by atoms with Gasteiger partial charge in [-0.3, -0.25) is 0 Å². The summed E-state index contributed by atoms with van der Waals surface area (Å²) in [5, 5.41) is 12.7. The average Bonchev–Trinajstić information content (AvgIpc) is 2.70. The SMILES string of the molecule is CC/C(C)=C(\c1cc(C#N)c(C)cc1C)c1cccc(NC)c1C.CCCC. The molecule has 0 aliphatic rings. The number of benzene rings is 2. The van der Waals surface area contributed by atoms with Gasteiger partial charge in [0.05, 0.1) is 11.6 Å². The van der Waals surface area contributed by atoms with Crippen molar-refractivity contribution in [2.45, 2.75) is 67.7 Å². The Labute approximate surface area is 172 Å². The van der Waals surface area contributed by atoms with Crippen LogP contribution in [0.15, 0.2) is 35.9 Å². The highest BCUT2D eigenvalue weighted by molar-refractivity contribution is 5.87. The van der Waals surface area contributed by atoms with E-state index < -0.39 is 0 Å². The largest absolute Gasteiger partial charge is 0.388 e. The fraction of sp³-hybridized carbons (Fsp3) is 0.423. The summed E-state index contributed by atoms with van der Waals surface area (Å²) in [6, 6.07) is 12.9. The van der Waals surface area contributed by atoms with E-state index in [2.05, 4.69) is 77.2 Å². The van der Waals surface area contributed by atoms with Crippen LogP contribution < -0.4 is 5.32 Å². The second kappa shape index (κ2) is 11.3. The van der Waals surface area contributed by atoms with Crippen molar-refractivity contribution < 1.29 is 0 Å². The van der Waals surface area contributed by atoms with Crippen molar-refractivity contribution >= 4 is 11.3 Å². The number of nitriles is 1. The van der Waals surface area contributed by atoms with Crippen molar-refractivity contribution in [3.8, 4) is 6.07 Å². The lowest BCUT2D eigenvalue weighted by molar-refractivity contribution is 0.886. The lowest BCUT2D eigenvalue weighted by Gasteiger charge is -2.20. The van der Waals surface area contributed by atoms with Crippen LogP contribution in [0.2, 0.25) is 0 Å². The molecule has 2 aromatic carbocycles. The van der Waals surface area contributed by atoms with E-state index in [0.717, 1.165) is 28.8 Å². The fourth-order valence-corrected chi connectivity index (χ4v) is 3.20. The molecule has 0 unspecified atom stereocenters. The second-order valence-electron chi connectivity index (χ2n) is 7.33. The molecule has 0 spiro atoms. The van der Waals surface area contributed by atoms with Gasteiger partial charge in [-0.15, -0.1) is 0 Å². The molecule has 2 nitrogen and oxygen atoms in total. The van der Waals surface area contributed by atoms with Gasteiger partial charge in [-0.05, 0) is 79.6 Å². The molecule has 0 amide bonds. The highest BCUT2D eigenvalue weighted by atomic mass is 14.8. The summed E-state index contributed by atoms with van der Waals surface area (Å²) in [6.45, 7) is 15.0. The lowest BCUT2D eigenvalue weighted by atomic mass is 9.85. The van der Waals surface area contributed by atoms with Gasteiger partial charge in [-0.25, -0.2) is 0 Å². The number of anilines is 1. The molecule has 0 aliphatic heterocycles. The van der Waals surface area contributed by atoms with Crippen molar-refractivity contribution in [3.63, 3.8) is 0 Å². The number of aryl methyl sites for hydroxylation is 2. The molecule has 0 fully saturated rings. The first-order valence-corrected chi connectivity index (χ1v) is 10.3. The molecule has 0 radical (unpaired) electrons. The van der Waals surface area contributed by atoms with E-state index in [-0.39, 0.29) is 0 Å². The minimum absolute atomic E-state index is 0.749. The Morgan fingerprint density at radius 3 is 2.11 bits per heavy atom. The van der Waals surface area contributed by atoms with Crippen LogP contribution in [0.4, 0.5) is 5.69 Å². The highest BCUT2D eigenvalue weighted by Gasteiger charge is 2.16. The smallest absolute Gasteiger partial charge is 0.0994 e. The van der Waals surface area contributed by atoms with Crippen molar-refractivity contribution in [2.24, 2.45) is 0 Å². The zero-order valence-electron chi connectivity index (χ0n) is 19.0. The van der Waals surface area contributed by atoms with Crippen LogP contribution in [0, 0.1) is 32.1 Å². The zero-order valence-corrected chi connectivity index (χ0v) is 19.0. The fourth-order valence-electron chi connectivity index (χ4n) is 3.20. The maximum Gasteiger partial charge on any atom is 0.0994 e. The molecule has 0 bridgehead atoms. The van der Waals surface area contributed by atoms with Crippen LogP contribution in [0.1, 0.15) is 80.3 Å². The van der Waals surface area contributed by atoms with E-state index in [1.807, 2.05) is 20.0 Å². The van der Waals surface area contributed by atoms with Crippen LogP contribution >= 0.6 is 0 Å². The van der Waals surface area contributed by atoms with E-state index in [0.29, 0.717) is 0 Å². The second-order valence-corrected chi connectivity index (χ2v) is 7.33. The average molecular weight is 377 g/mol. The van der Waals surface area contributed by atoms with Gasteiger partial charge in [0.1, 0.15) is 0 Å². The first kappa shape index (κ1) is 23.5. The van der Waals surface area contributed by atoms with Gasteiger partial charge < -0.3 is 5.32 Å². The van der Waals surface area contributed by atoms with E-state index in [9.17, 15) is 5.26 Å². The molecule has 0 atom stereocenters. The number of nitrogens with one attached hydrogen (secondary N) is 1. The number of allylic oxidation sites excluding steroid dienone is 1. The molecule has 150 valence electrons. The molecular formula is C26H36N2. The molecule has 2 rings (SSSR count). The van der Waals surface area contributed by atoms with Crippen molar-refractivity contribution in [2.75, 3.05) is 12.4 Å². The predicted molar refractivity (Wildman–Crippen MR) is 124 cm³/mol. The molecule has 1 N–H and O–H groups in total. The van der Waals surface area contributed by atoms with Crippen LogP contribution in [0.3, 0.4) is 0 Å². The normalized spacial score (nSPS) is 11.1. The Bertz CT molecular complexity index is 865. The van der Waals surface area contributed by atoms with E-state index in [1.54, 1.807) is 0 Å². The van der Waals surface area contributed by atoms with Crippen LogP contribution in [0.25, 0.3) is 5.57 Å². The number of rotatable bonds is 5. The molecule has 0 saturated carbocycles. The quantitative estimate of drug-likeness (QED) is 0.584. The van der Waals surface area contributed by atoms with Gasteiger partial charge in [0.2, 0.25) is 0 Å². The summed E-state index contributed by atoms with van der Waals surface area (Å²) in [6.07, 6.45) is 3.62. The first-order chi connectivity index (χ1) is 13.4. The molecule has 0 aromatic heterocycles. The predicted octanol–water partition coefficient (Wildman–Crippen LogP) is 7.56. The third kappa shape index (κ3) is 5.49. The maximum atomic E-state index is 9.44. The first-order valence-electron chi connectivity index (χ1n) is 10.3. The topological polar surface area (TPSA) is 35.8 Å². The monoisotopic (exact) mass is 376 g/mol. The van der Waals surface area contributed by atoms with E-state index in [1.165, 1.54) is 40.7 Å². The van der Waals surface area contributed by atoms with Crippen LogP contribution in [-0.4, -0.2) is 7.05 Å². The number of nitrogens with zero attached hydrogens (tertiary/aromatic N) is 1. The zero-order chi connectivity index (χ0) is 21.3. The summed E-state index contributed by atoms with van der Waals surface area (Å²) < 4.78 is 0. The van der Waals surface area contributed by atoms with Gasteiger partial charge >= 0.3 is 0 Å². The van der Waals surface area contributed by atoms with Crippen molar-refractivity contribution in [1.29, 1.82) is 5.26 Å². The summed E-state index contributed by atoms with van der Waals surface area (Å²) in [5.74, 6) is 0. The van der Waals surface area contributed by atoms with E-state index >= 15 is 0 Å². The van der Waals surface area contributed by atoms with Crippen LogP contribution in [0.5, 0.6) is 0 Å². The van der Waals surface area contributed by atoms with Crippen molar-refractivity contribution in [3.05, 3.63) is 69.3 Å². The number of unbranched alkanes of at least 4 members (excludes halogenated alkanes) is 1. The number of hydrogen-bond donors (Lipinski definition) is 1. The van der Waals surface area contributed by atoms with Crippen molar-refractivity contribution in [1.82, 2.24) is 0 Å². The summed E-state index contributed by atoms with van der Waals surface area (Å²) >= 11 is 0. The van der Waals surface area contributed by atoms with Gasteiger partial charge in [-0.2, -0.15) is 5.26 Å². The standard InChI is InChI=1S/C22H26N2.C4H10/c1-7-14(2)22(19-9-8-10-21(24-6)17(19)5)20-12-18(13-23)15(3)11-16(20)4;1-3-4-2/h8-12,24H,7H2,1-6H3;3-4H2,1-2H3/b22-14-;. The molecule has 0 heterocycles. The summed E-state index contributed by atoms with van der Waals surface area (Å²) in [7, 11) is 1.95. The minimum atomic E-state index is 0.749. The Kier molecular flexibility index (Phi) is 9.52. The Morgan fingerprint density at radius 1 is 0.964 bits per heavy atom. The van der Waals surface area contributed by atoms with Gasteiger partial charge in [0.25, 0.3) is 0 Å². The Balaban J connectivity index is 0.000000892. The molecule has 0 saturated heterocycles. The van der Waals surface area contributed by atoms with Gasteiger partial charge in [0.15, 0.2) is 0 Å². The maximum absolute atomic E-state index is 9.44. The molecule has 2 aromatic rings. The highest BCUT2D eigenvalue weighted by Crippen LogP contribution is 2.35. The number of hydrogen-bond acceptors (Lipinski definition) is 2. The van der Waals surface area contributed by atoms with Crippen LogP contribution in [-0.2, 0) is 0 Å². The molecule has 0 aliphatic carbocycles. The molecular weight excluding hydrogens is 340 g/mol. The lowest BCUT2D eigenvalue weighted by Crippen LogP contribution is -2.02. The molecule has 2 heteroatoms. The summed E-state index contributed by atoms with van der Waals surface area (Å²) in [4.78, 5) is 0. The third-order valence-electron chi connectivity index (χ3n) is 5.29. The third-order valence-corrected chi connectivity index (χ3v) is 5.29. The van der Waals surface area contributed by atoms with E-state index in [4.69, 9.17) is 0 Å². The van der Waals surface area contributed by atoms with Gasteiger partial charge in [-0.1, -0.05) is 57.4 Å². The molecule has 28 heavy (non-hydrogen) atoms. The summed E-state index contributed by atoms with van der Waals surface area (Å²) in [5.41, 5.74) is 10.4. The minimum Gasteiger partial charge on any atom is -0.388 e. The van der Waals surface area contributed by atoms with Gasteiger partial charge in [0, 0.05) is 12.7 Å². The Morgan fingerprint density at radius 2 is 1.61 bits per heavy atom. The Hall–Kier alpha value is -2.53.